The van der Waals surface area contributed by atoms with Gasteiger partial charge in [0.25, 0.3) is 5.91 Å². The lowest BCUT2D eigenvalue weighted by molar-refractivity contribution is -0.117. The molecule has 0 spiro atoms. The number of aliphatic hydroxyl groups is 1. The van der Waals surface area contributed by atoms with E-state index in [-0.39, 0.29) is 16.7 Å². The molecule has 1 N–H and O–H groups in total. The Balaban J connectivity index is 1.54. The number of aliphatic hydroxyl groups excluding tert-OH is 1. The van der Waals surface area contributed by atoms with E-state index in [1.54, 1.807) is 12.1 Å². The second-order valence-electron chi connectivity index (χ2n) is 10.7. The van der Waals surface area contributed by atoms with Crippen LogP contribution in [0.25, 0.3) is 21.7 Å². The second kappa shape index (κ2) is 8.73. The average Bonchev–Trinajstić information content (AvgIpc) is 3.46. The highest BCUT2D eigenvalue weighted by Crippen LogP contribution is 2.44. The molecular formula is C33H27NO4. The third-order valence-corrected chi connectivity index (χ3v) is 7.22. The number of furan rings is 1. The molecule has 0 aliphatic carbocycles. The normalized spacial score (nSPS) is 16.1. The molecule has 0 bridgehead atoms. The summed E-state index contributed by atoms with van der Waals surface area (Å²) >= 11 is 0. The van der Waals surface area contributed by atoms with Gasteiger partial charge in [0.05, 0.1) is 17.3 Å². The van der Waals surface area contributed by atoms with Crippen molar-refractivity contribution < 1.29 is 19.1 Å². The Morgan fingerprint density at radius 1 is 0.842 bits per heavy atom. The first kappa shape index (κ1) is 23.7. The zero-order valence-corrected chi connectivity index (χ0v) is 21.4. The van der Waals surface area contributed by atoms with Crippen molar-refractivity contribution in [1.29, 1.82) is 0 Å². The highest BCUT2D eigenvalue weighted by molar-refractivity contribution is 6.22. The number of nitrogens with zero attached hydrogens (tertiary/aromatic N) is 1. The molecular weight excluding hydrogens is 474 g/mol. The van der Waals surface area contributed by atoms with E-state index in [0.29, 0.717) is 11.3 Å². The lowest BCUT2D eigenvalue weighted by Gasteiger charge is -2.28. The van der Waals surface area contributed by atoms with Crippen molar-refractivity contribution >= 4 is 39.1 Å². The Morgan fingerprint density at radius 3 is 2.21 bits per heavy atom. The molecule has 0 fully saturated rings. The van der Waals surface area contributed by atoms with Crippen LogP contribution in [0.4, 0.5) is 5.69 Å². The molecule has 1 atom stereocenters. The molecule has 38 heavy (non-hydrogen) atoms. The summed E-state index contributed by atoms with van der Waals surface area (Å²) in [5.41, 5.74) is 2.98. The molecule has 1 aliphatic heterocycles. The molecule has 5 nitrogen and oxygen atoms in total. The number of amides is 1. The molecule has 0 radical (unpaired) electrons. The maximum atomic E-state index is 13.9. The Hall–Kier alpha value is -4.64. The number of fused-ring (bicyclic) bond motifs is 2. The van der Waals surface area contributed by atoms with Gasteiger partial charge >= 0.3 is 0 Å². The van der Waals surface area contributed by atoms with Crippen LogP contribution in [0.15, 0.2) is 113 Å². The average molecular weight is 502 g/mol. The van der Waals surface area contributed by atoms with Gasteiger partial charge in [-0.25, -0.2) is 0 Å². The number of rotatable bonds is 4. The third-order valence-electron chi connectivity index (χ3n) is 7.22. The van der Waals surface area contributed by atoms with E-state index in [1.807, 2.05) is 84.9 Å². The first-order chi connectivity index (χ1) is 18.2. The summed E-state index contributed by atoms with van der Waals surface area (Å²) < 4.78 is 5.86. The van der Waals surface area contributed by atoms with Gasteiger partial charge < -0.3 is 9.52 Å². The Morgan fingerprint density at radius 2 is 1.50 bits per heavy atom. The Bertz CT molecular complexity index is 1710. The number of hydrogen-bond acceptors (Lipinski definition) is 4. The molecule has 0 saturated carbocycles. The molecule has 1 amide bonds. The van der Waals surface area contributed by atoms with Gasteiger partial charge in [0.15, 0.2) is 11.5 Å². The van der Waals surface area contributed by atoms with Gasteiger partial charge in [-0.2, -0.15) is 0 Å². The molecule has 2 heterocycles. The van der Waals surface area contributed by atoms with Crippen LogP contribution in [-0.2, 0) is 10.2 Å². The first-order valence-electron chi connectivity index (χ1n) is 12.6. The number of benzene rings is 4. The largest absolute Gasteiger partial charge is 0.503 e. The van der Waals surface area contributed by atoms with Crippen LogP contribution in [0.2, 0.25) is 0 Å². The molecule has 5 aromatic rings. The topological polar surface area (TPSA) is 70.7 Å². The molecule has 1 unspecified atom stereocenters. The molecule has 1 aliphatic rings. The number of carbonyl (C=O) groups excluding carboxylic acids is 2. The van der Waals surface area contributed by atoms with Crippen molar-refractivity contribution in [3.8, 4) is 0 Å². The van der Waals surface area contributed by atoms with E-state index >= 15 is 0 Å². The fraction of sp³-hybridized carbons (Fsp3) is 0.152. The first-order valence-corrected chi connectivity index (χ1v) is 12.6. The van der Waals surface area contributed by atoms with E-state index in [1.165, 1.54) is 4.90 Å². The van der Waals surface area contributed by atoms with E-state index in [2.05, 4.69) is 20.8 Å². The van der Waals surface area contributed by atoms with E-state index in [9.17, 15) is 14.7 Å². The van der Waals surface area contributed by atoms with Gasteiger partial charge in [0, 0.05) is 10.8 Å². The summed E-state index contributed by atoms with van der Waals surface area (Å²) in [5.74, 6) is -1.62. The molecule has 6 rings (SSSR count). The van der Waals surface area contributed by atoms with Crippen LogP contribution < -0.4 is 4.90 Å². The van der Waals surface area contributed by atoms with Crippen molar-refractivity contribution in [1.82, 2.24) is 0 Å². The monoisotopic (exact) mass is 501 g/mol. The summed E-state index contributed by atoms with van der Waals surface area (Å²) in [6.07, 6.45) is 0. The van der Waals surface area contributed by atoms with Crippen molar-refractivity contribution in [2.45, 2.75) is 32.2 Å². The summed E-state index contributed by atoms with van der Waals surface area (Å²) in [7, 11) is 0. The second-order valence-corrected chi connectivity index (χ2v) is 10.7. The molecule has 188 valence electrons. The standard InChI is InChI=1S/C33H27NO4/c1-33(2,3)23-17-15-21(16-18-23)29-28(30(35)27-19-22-10-5-7-14-26(22)38-27)31(36)32(37)34(29)25-13-8-11-20-9-4-6-12-24(20)25/h4-19,29,36H,1-3H3. The number of anilines is 1. The number of para-hydroxylation sites is 1. The Labute approximate surface area is 220 Å². The Kier molecular flexibility index (Phi) is 5.46. The zero-order valence-electron chi connectivity index (χ0n) is 21.4. The highest BCUT2D eigenvalue weighted by atomic mass is 16.3. The van der Waals surface area contributed by atoms with Crippen molar-refractivity contribution in [3.63, 3.8) is 0 Å². The quantitative estimate of drug-likeness (QED) is 0.257. The molecule has 4 aromatic carbocycles. The zero-order chi connectivity index (χ0) is 26.6. The van der Waals surface area contributed by atoms with Gasteiger partial charge in [-0.1, -0.05) is 99.6 Å². The maximum absolute atomic E-state index is 13.9. The van der Waals surface area contributed by atoms with Crippen LogP contribution in [0.5, 0.6) is 0 Å². The lowest BCUT2D eigenvalue weighted by atomic mass is 9.85. The number of hydrogen-bond donors (Lipinski definition) is 1. The fourth-order valence-electron chi connectivity index (χ4n) is 5.21. The number of Topliss-reactive ketones (excluding diaryl/α,β-unsaturated/α-hetero) is 1. The number of carbonyl (C=O) groups is 2. The highest BCUT2D eigenvalue weighted by Gasteiger charge is 2.45. The maximum Gasteiger partial charge on any atom is 0.294 e. The summed E-state index contributed by atoms with van der Waals surface area (Å²) in [4.78, 5) is 29.2. The number of ketones is 1. The van der Waals surface area contributed by atoms with E-state index in [4.69, 9.17) is 4.42 Å². The fourth-order valence-corrected chi connectivity index (χ4v) is 5.21. The van der Waals surface area contributed by atoms with Gasteiger partial charge in [0.1, 0.15) is 5.58 Å². The molecule has 1 aromatic heterocycles. The summed E-state index contributed by atoms with van der Waals surface area (Å²) in [6.45, 7) is 6.39. The minimum Gasteiger partial charge on any atom is -0.503 e. The van der Waals surface area contributed by atoms with Crippen molar-refractivity contribution in [3.05, 3.63) is 125 Å². The van der Waals surface area contributed by atoms with E-state index in [0.717, 1.165) is 27.3 Å². The van der Waals surface area contributed by atoms with Crippen LogP contribution in [-0.4, -0.2) is 16.8 Å². The van der Waals surface area contributed by atoms with Crippen LogP contribution in [0.3, 0.4) is 0 Å². The van der Waals surface area contributed by atoms with E-state index < -0.39 is 23.5 Å². The lowest BCUT2D eigenvalue weighted by Crippen LogP contribution is -2.31. The van der Waals surface area contributed by atoms with Crippen molar-refractivity contribution in [2.75, 3.05) is 4.90 Å². The summed E-state index contributed by atoms with van der Waals surface area (Å²) in [6, 6.07) is 29.5. The van der Waals surface area contributed by atoms with Gasteiger partial charge in [0.2, 0.25) is 5.78 Å². The summed E-state index contributed by atoms with van der Waals surface area (Å²) in [5, 5.41) is 13.8. The smallest absolute Gasteiger partial charge is 0.294 e. The van der Waals surface area contributed by atoms with Gasteiger partial charge in [-0.05, 0) is 40.1 Å². The minimum atomic E-state index is -0.831. The van der Waals surface area contributed by atoms with Gasteiger partial charge in [-0.3, -0.25) is 14.5 Å². The SMILES string of the molecule is CC(C)(C)c1ccc(C2C(C(=O)c3cc4ccccc4o3)=C(O)C(=O)N2c2cccc3ccccc23)cc1. The van der Waals surface area contributed by atoms with Crippen molar-refractivity contribution in [2.24, 2.45) is 0 Å². The minimum absolute atomic E-state index is 0.00509. The van der Waals surface area contributed by atoms with Crippen LogP contribution in [0, 0.1) is 0 Å². The van der Waals surface area contributed by atoms with Crippen LogP contribution in [0.1, 0.15) is 48.5 Å². The van der Waals surface area contributed by atoms with Crippen LogP contribution >= 0.6 is 0 Å². The molecule has 0 saturated heterocycles. The molecule has 5 heteroatoms. The third kappa shape index (κ3) is 3.79. The predicted molar refractivity (Wildman–Crippen MR) is 150 cm³/mol. The van der Waals surface area contributed by atoms with Gasteiger partial charge in [-0.15, -0.1) is 0 Å². The predicted octanol–water partition coefficient (Wildman–Crippen LogP) is 7.67.